The highest BCUT2D eigenvalue weighted by molar-refractivity contribution is 5.94. The number of rotatable bonds is 8. The third-order valence-corrected chi connectivity index (χ3v) is 6.19. The Kier molecular flexibility index (Phi) is 6.46. The summed E-state index contributed by atoms with van der Waals surface area (Å²) >= 11 is 0. The molecule has 11 nitrogen and oxygen atoms in total. The van der Waals surface area contributed by atoms with Crippen LogP contribution in [0.3, 0.4) is 0 Å². The number of fused-ring (bicyclic) bond motifs is 1. The predicted octanol–water partition coefficient (Wildman–Crippen LogP) is 4.33. The van der Waals surface area contributed by atoms with Gasteiger partial charge in [-0.1, -0.05) is 0 Å². The van der Waals surface area contributed by atoms with E-state index in [1.54, 1.807) is 24.5 Å². The molecule has 0 spiro atoms. The van der Waals surface area contributed by atoms with E-state index in [1.165, 1.54) is 24.3 Å². The summed E-state index contributed by atoms with van der Waals surface area (Å²) in [5.74, 6) is 0.617. The molecule has 0 saturated carbocycles. The first-order valence-electron chi connectivity index (χ1n) is 11.5. The zero-order valence-electron chi connectivity index (χ0n) is 19.3. The van der Waals surface area contributed by atoms with Crippen molar-refractivity contribution in [1.82, 2.24) is 15.3 Å². The number of nitrogens with zero attached hydrogens (tertiary/aromatic N) is 4. The Hall–Kier alpha value is -4.51. The van der Waals surface area contributed by atoms with Crippen molar-refractivity contribution in [3.05, 3.63) is 82.3 Å². The van der Waals surface area contributed by atoms with Gasteiger partial charge in [0.2, 0.25) is 5.95 Å². The minimum Gasteiger partial charge on any atom is -0.478 e. The maximum absolute atomic E-state index is 11.4. The van der Waals surface area contributed by atoms with Crippen LogP contribution < -0.4 is 15.5 Å². The van der Waals surface area contributed by atoms with E-state index in [0.717, 1.165) is 31.7 Å². The number of nitrogens with one attached hydrogen (secondary N) is 2. The maximum atomic E-state index is 11.4. The van der Waals surface area contributed by atoms with Crippen LogP contribution in [-0.4, -0.2) is 45.1 Å². The third kappa shape index (κ3) is 4.96. The Labute approximate surface area is 205 Å². The van der Waals surface area contributed by atoms with Crippen LogP contribution in [-0.2, 0) is 6.54 Å². The van der Waals surface area contributed by atoms with E-state index in [4.69, 9.17) is 14.4 Å². The van der Waals surface area contributed by atoms with Gasteiger partial charge >= 0.3 is 5.97 Å². The highest BCUT2D eigenvalue weighted by Crippen LogP contribution is 2.31. The predicted molar refractivity (Wildman–Crippen MR) is 134 cm³/mol. The van der Waals surface area contributed by atoms with Gasteiger partial charge in [0.1, 0.15) is 11.6 Å². The number of anilines is 3. The van der Waals surface area contributed by atoms with Gasteiger partial charge in [0, 0.05) is 29.2 Å². The first-order valence-corrected chi connectivity index (χ1v) is 11.5. The van der Waals surface area contributed by atoms with Crippen LogP contribution in [0.4, 0.5) is 23.1 Å². The number of piperidine rings is 1. The fraction of sp³-hybridized carbons (Fsp3) is 0.240. The molecule has 11 heteroatoms. The lowest BCUT2D eigenvalue weighted by atomic mass is 10.0. The van der Waals surface area contributed by atoms with Crippen molar-refractivity contribution in [3.8, 4) is 0 Å². The average molecular weight is 489 g/mol. The molecule has 2 aromatic carbocycles. The highest BCUT2D eigenvalue weighted by Gasteiger charge is 2.26. The Morgan fingerprint density at radius 2 is 1.94 bits per heavy atom. The zero-order chi connectivity index (χ0) is 25.1. The van der Waals surface area contributed by atoms with Crippen molar-refractivity contribution in [2.24, 2.45) is 0 Å². The van der Waals surface area contributed by atoms with Crippen molar-refractivity contribution in [2.45, 2.75) is 25.4 Å². The molecule has 0 unspecified atom stereocenters. The second-order valence-electron chi connectivity index (χ2n) is 8.53. The van der Waals surface area contributed by atoms with Crippen molar-refractivity contribution in [1.29, 1.82) is 0 Å². The number of hydrogen-bond acceptors (Lipinski definition) is 9. The lowest BCUT2D eigenvalue weighted by Gasteiger charge is -2.34. The summed E-state index contributed by atoms with van der Waals surface area (Å²) in [6, 6.07) is 14.6. The third-order valence-electron chi connectivity index (χ3n) is 6.19. The molecule has 0 atom stereocenters. The molecule has 0 amide bonds. The molecule has 2 aromatic heterocycles. The quantitative estimate of drug-likeness (QED) is 0.242. The van der Waals surface area contributed by atoms with Gasteiger partial charge < -0.3 is 25.1 Å². The standard InChI is InChI=1S/C25H24N6O5/c32-24(33)16-3-5-17(6-4-16)27-23-21-14-19(31(34)35)7-8-22(21)28-25(29-23)30(15-20-2-1-13-36-20)18-9-11-26-12-10-18/h1-8,13-14,18,26H,9-12,15H2,(H,32,33)(H,27,28,29). The molecule has 1 saturated heterocycles. The van der Waals surface area contributed by atoms with Crippen molar-refractivity contribution >= 4 is 40.0 Å². The first kappa shape index (κ1) is 23.2. The van der Waals surface area contributed by atoms with E-state index >= 15 is 0 Å². The molecule has 5 rings (SSSR count). The van der Waals surface area contributed by atoms with Gasteiger partial charge in [-0.15, -0.1) is 0 Å². The number of aromatic nitrogens is 2. The van der Waals surface area contributed by atoms with Crippen molar-refractivity contribution in [3.63, 3.8) is 0 Å². The van der Waals surface area contributed by atoms with Crippen LogP contribution >= 0.6 is 0 Å². The Balaban J connectivity index is 1.60. The number of carboxylic acids is 1. The number of aromatic carboxylic acids is 1. The van der Waals surface area contributed by atoms with Gasteiger partial charge in [-0.3, -0.25) is 10.1 Å². The second kappa shape index (κ2) is 10.0. The van der Waals surface area contributed by atoms with Crippen LogP contribution in [0.1, 0.15) is 29.0 Å². The molecule has 0 aliphatic carbocycles. The van der Waals surface area contributed by atoms with Crippen LogP contribution in [0, 0.1) is 10.1 Å². The Bertz CT molecular complexity index is 1380. The van der Waals surface area contributed by atoms with Crippen molar-refractivity contribution < 1.29 is 19.2 Å². The van der Waals surface area contributed by atoms with Gasteiger partial charge in [-0.05, 0) is 68.4 Å². The van der Waals surface area contributed by atoms with Crippen LogP contribution in [0.25, 0.3) is 10.9 Å². The van der Waals surface area contributed by atoms with Crippen LogP contribution in [0.2, 0.25) is 0 Å². The molecule has 3 N–H and O–H groups in total. The number of benzene rings is 2. The monoisotopic (exact) mass is 488 g/mol. The molecule has 4 aromatic rings. The normalized spacial score (nSPS) is 14.0. The summed E-state index contributed by atoms with van der Waals surface area (Å²) in [4.78, 5) is 33.9. The number of non-ortho nitro benzene ring substituents is 1. The van der Waals surface area contributed by atoms with E-state index in [2.05, 4.69) is 15.5 Å². The molecule has 0 radical (unpaired) electrons. The molecule has 1 aliphatic heterocycles. The van der Waals surface area contributed by atoms with Gasteiger partial charge in [0.25, 0.3) is 5.69 Å². The molecule has 1 fully saturated rings. The highest BCUT2D eigenvalue weighted by atomic mass is 16.6. The summed E-state index contributed by atoms with van der Waals surface area (Å²) in [5, 5.41) is 27.7. The summed E-state index contributed by atoms with van der Waals surface area (Å²) in [7, 11) is 0. The van der Waals surface area contributed by atoms with Crippen LogP contribution in [0.5, 0.6) is 0 Å². The van der Waals surface area contributed by atoms with Gasteiger partial charge in [-0.25, -0.2) is 9.78 Å². The van der Waals surface area contributed by atoms with Gasteiger partial charge in [0.05, 0.1) is 28.8 Å². The number of hydrogen-bond donors (Lipinski definition) is 3. The van der Waals surface area contributed by atoms with E-state index in [9.17, 15) is 20.0 Å². The lowest BCUT2D eigenvalue weighted by molar-refractivity contribution is -0.384. The zero-order valence-corrected chi connectivity index (χ0v) is 19.3. The SMILES string of the molecule is O=C(O)c1ccc(Nc2nc(N(Cc3ccco3)C3CCNCC3)nc3ccc([N+](=O)[O-])cc23)cc1. The smallest absolute Gasteiger partial charge is 0.335 e. The fourth-order valence-electron chi connectivity index (χ4n) is 4.33. The lowest BCUT2D eigenvalue weighted by Crippen LogP contribution is -2.43. The summed E-state index contributed by atoms with van der Waals surface area (Å²) < 4.78 is 5.61. The molecular weight excluding hydrogens is 464 g/mol. The largest absolute Gasteiger partial charge is 0.478 e. The number of carbonyl (C=O) groups is 1. The Morgan fingerprint density at radius 1 is 1.17 bits per heavy atom. The summed E-state index contributed by atoms with van der Waals surface area (Å²) in [5.41, 5.74) is 1.22. The minimum absolute atomic E-state index is 0.0751. The summed E-state index contributed by atoms with van der Waals surface area (Å²) in [6.45, 7) is 2.23. The average Bonchev–Trinajstić information content (AvgIpc) is 3.41. The topological polar surface area (TPSA) is 147 Å². The van der Waals surface area contributed by atoms with Gasteiger partial charge in [-0.2, -0.15) is 4.98 Å². The fourth-order valence-corrected chi connectivity index (χ4v) is 4.33. The van der Waals surface area contributed by atoms with E-state index < -0.39 is 10.9 Å². The Morgan fingerprint density at radius 3 is 2.61 bits per heavy atom. The first-order chi connectivity index (χ1) is 17.5. The number of nitro benzene ring substituents is 1. The van der Waals surface area contributed by atoms with E-state index in [1.807, 2.05) is 12.1 Å². The molecule has 184 valence electrons. The molecular formula is C25H24N6O5. The van der Waals surface area contributed by atoms with E-state index in [-0.39, 0.29) is 17.3 Å². The maximum Gasteiger partial charge on any atom is 0.335 e. The second-order valence-corrected chi connectivity index (χ2v) is 8.53. The van der Waals surface area contributed by atoms with Gasteiger partial charge in [0.15, 0.2) is 0 Å². The number of furan rings is 1. The van der Waals surface area contributed by atoms with Crippen molar-refractivity contribution in [2.75, 3.05) is 23.3 Å². The minimum atomic E-state index is -1.03. The van der Waals surface area contributed by atoms with Crippen LogP contribution in [0.15, 0.2) is 65.3 Å². The number of nitro groups is 1. The summed E-state index contributed by atoms with van der Waals surface area (Å²) in [6.07, 6.45) is 3.44. The van der Waals surface area contributed by atoms with E-state index in [0.29, 0.717) is 34.9 Å². The number of carboxylic acid groups (broad SMARTS) is 1. The molecule has 36 heavy (non-hydrogen) atoms. The molecule has 0 bridgehead atoms. The molecule has 3 heterocycles. The molecule has 1 aliphatic rings.